The summed E-state index contributed by atoms with van der Waals surface area (Å²) >= 11 is 3.57. The number of hydrogen-bond donors (Lipinski definition) is 2. The minimum absolute atomic E-state index is 0.0586. The van der Waals surface area contributed by atoms with Gasteiger partial charge in [0.25, 0.3) is 0 Å². The van der Waals surface area contributed by atoms with E-state index in [1.165, 1.54) is 0 Å². The van der Waals surface area contributed by atoms with E-state index in [1.807, 2.05) is 45.0 Å². The molecular formula is C20H24BrNO4. The molecule has 0 amide bonds. The fourth-order valence-electron chi connectivity index (χ4n) is 2.45. The molecule has 0 saturated carbocycles. The van der Waals surface area contributed by atoms with E-state index in [0.29, 0.717) is 25.3 Å². The Morgan fingerprint density at radius 1 is 1.15 bits per heavy atom. The van der Waals surface area contributed by atoms with Crippen molar-refractivity contribution in [2.75, 3.05) is 6.61 Å². The van der Waals surface area contributed by atoms with Gasteiger partial charge in [-0.2, -0.15) is 0 Å². The van der Waals surface area contributed by atoms with Crippen LogP contribution in [0, 0.1) is 0 Å². The van der Waals surface area contributed by atoms with Crippen molar-refractivity contribution in [1.29, 1.82) is 0 Å². The Bertz CT molecular complexity index is 744. The van der Waals surface area contributed by atoms with E-state index in [4.69, 9.17) is 14.6 Å². The normalized spacial score (nSPS) is 10.8. The average molecular weight is 422 g/mol. The van der Waals surface area contributed by atoms with Crippen molar-refractivity contribution in [3.05, 3.63) is 57.6 Å². The summed E-state index contributed by atoms with van der Waals surface area (Å²) in [7, 11) is 0. The van der Waals surface area contributed by atoms with Crippen LogP contribution in [0.2, 0.25) is 0 Å². The van der Waals surface area contributed by atoms with Crippen LogP contribution in [0.4, 0.5) is 0 Å². The van der Waals surface area contributed by atoms with Crippen LogP contribution < -0.4 is 14.8 Å². The molecule has 0 atom stereocenters. The maximum atomic E-state index is 10.9. The van der Waals surface area contributed by atoms with Crippen molar-refractivity contribution >= 4 is 21.9 Å². The highest BCUT2D eigenvalue weighted by molar-refractivity contribution is 9.10. The number of carboxylic acid groups (broad SMARTS) is 1. The second-order valence-electron chi connectivity index (χ2n) is 6.11. The molecule has 2 rings (SSSR count). The van der Waals surface area contributed by atoms with Crippen molar-refractivity contribution in [3.8, 4) is 11.5 Å². The highest BCUT2D eigenvalue weighted by Gasteiger charge is 2.13. The molecule has 2 aromatic carbocycles. The first-order valence-corrected chi connectivity index (χ1v) is 9.34. The van der Waals surface area contributed by atoms with Crippen molar-refractivity contribution in [2.45, 2.75) is 40.0 Å². The predicted molar refractivity (Wildman–Crippen MR) is 105 cm³/mol. The Labute approximate surface area is 162 Å². The summed E-state index contributed by atoms with van der Waals surface area (Å²) in [6, 6.07) is 10.9. The van der Waals surface area contributed by atoms with Gasteiger partial charge in [-0.3, -0.25) is 0 Å². The quantitative estimate of drug-likeness (QED) is 0.617. The number of nitrogens with one attached hydrogen (secondary N) is 1. The van der Waals surface area contributed by atoms with E-state index in [2.05, 4.69) is 21.2 Å². The summed E-state index contributed by atoms with van der Waals surface area (Å²) in [4.78, 5) is 10.9. The first-order chi connectivity index (χ1) is 12.4. The van der Waals surface area contributed by atoms with Crippen molar-refractivity contribution in [1.82, 2.24) is 5.32 Å². The summed E-state index contributed by atoms with van der Waals surface area (Å²) in [6.45, 7) is 7.76. The van der Waals surface area contributed by atoms with Gasteiger partial charge in [-0.15, -0.1) is 0 Å². The average Bonchev–Trinajstić information content (AvgIpc) is 2.58. The van der Waals surface area contributed by atoms with Crippen LogP contribution >= 0.6 is 15.9 Å². The SMILES string of the molecule is CCOc1cc(CNCc2ccc(C(=O)O)cc2)cc(Br)c1OC(C)C. The van der Waals surface area contributed by atoms with Crippen molar-refractivity contribution < 1.29 is 19.4 Å². The second kappa shape index (κ2) is 9.59. The summed E-state index contributed by atoms with van der Waals surface area (Å²) < 4.78 is 12.4. The number of benzene rings is 2. The molecule has 140 valence electrons. The van der Waals surface area contributed by atoms with Crippen LogP contribution in [0.15, 0.2) is 40.9 Å². The van der Waals surface area contributed by atoms with Crippen molar-refractivity contribution in [3.63, 3.8) is 0 Å². The minimum Gasteiger partial charge on any atom is -0.490 e. The van der Waals surface area contributed by atoms with Crippen molar-refractivity contribution in [2.24, 2.45) is 0 Å². The summed E-state index contributed by atoms with van der Waals surface area (Å²) in [5, 5.41) is 12.3. The Morgan fingerprint density at radius 2 is 1.81 bits per heavy atom. The third-order valence-corrected chi connectivity index (χ3v) is 4.17. The molecule has 5 nitrogen and oxygen atoms in total. The minimum atomic E-state index is -0.915. The number of carboxylic acids is 1. The molecule has 2 aromatic rings. The topological polar surface area (TPSA) is 67.8 Å². The molecule has 0 aliphatic rings. The number of hydrogen-bond acceptors (Lipinski definition) is 4. The molecule has 0 unspecified atom stereocenters. The number of rotatable bonds is 9. The number of carbonyl (C=O) groups is 1. The summed E-state index contributed by atoms with van der Waals surface area (Å²) in [5.41, 5.74) is 2.39. The van der Waals surface area contributed by atoms with Gasteiger partial charge < -0.3 is 19.9 Å². The highest BCUT2D eigenvalue weighted by atomic mass is 79.9. The molecule has 0 aliphatic carbocycles. The number of aromatic carboxylic acids is 1. The second-order valence-corrected chi connectivity index (χ2v) is 6.96. The summed E-state index contributed by atoms with van der Waals surface area (Å²) in [6.07, 6.45) is 0.0586. The van der Waals surface area contributed by atoms with Gasteiger partial charge in [0.05, 0.1) is 22.7 Å². The van der Waals surface area contributed by atoms with Crippen LogP contribution in [-0.2, 0) is 13.1 Å². The summed E-state index contributed by atoms with van der Waals surface area (Å²) in [5.74, 6) is 0.523. The zero-order valence-electron chi connectivity index (χ0n) is 15.2. The number of halogens is 1. The number of ether oxygens (including phenoxy) is 2. The van der Waals surface area contributed by atoms with E-state index < -0.39 is 5.97 Å². The predicted octanol–water partition coefficient (Wildman–Crippen LogP) is 4.62. The molecule has 0 saturated heterocycles. The zero-order chi connectivity index (χ0) is 19.1. The maximum Gasteiger partial charge on any atom is 0.335 e. The third kappa shape index (κ3) is 5.75. The first kappa shape index (κ1) is 20.3. The highest BCUT2D eigenvalue weighted by Crippen LogP contribution is 2.37. The van der Waals surface area contributed by atoms with Gasteiger partial charge in [0.15, 0.2) is 11.5 Å². The van der Waals surface area contributed by atoms with Gasteiger partial charge in [-0.1, -0.05) is 12.1 Å². The lowest BCUT2D eigenvalue weighted by molar-refractivity contribution is 0.0697. The Balaban J connectivity index is 2.03. The van der Waals surface area contributed by atoms with Crippen LogP contribution in [0.1, 0.15) is 42.3 Å². The fourth-order valence-corrected chi connectivity index (χ4v) is 3.04. The van der Waals surface area contributed by atoms with E-state index in [9.17, 15) is 4.79 Å². The van der Waals surface area contributed by atoms with Gasteiger partial charge in [-0.25, -0.2) is 4.79 Å². The van der Waals surface area contributed by atoms with E-state index in [1.54, 1.807) is 12.1 Å². The van der Waals surface area contributed by atoms with Gasteiger partial charge in [0.1, 0.15) is 0 Å². The van der Waals surface area contributed by atoms with E-state index >= 15 is 0 Å². The Hall–Kier alpha value is -2.05. The van der Waals surface area contributed by atoms with Gasteiger partial charge >= 0.3 is 5.97 Å². The largest absolute Gasteiger partial charge is 0.490 e. The molecule has 0 aliphatic heterocycles. The third-order valence-electron chi connectivity index (χ3n) is 3.58. The Morgan fingerprint density at radius 3 is 2.38 bits per heavy atom. The molecule has 0 heterocycles. The monoisotopic (exact) mass is 421 g/mol. The molecule has 0 bridgehead atoms. The molecule has 0 radical (unpaired) electrons. The van der Waals surface area contributed by atoms with Crippen LogP contribution in [-0.4, -0.2) is 23.8 Å². The van der Waals surface area contributed by atoms with E-state index in [0.717, 1.165) is 27.1 Å². The smallest absolute Gasteiger partial charge is 0.335 e. The standard InChI is InChI=1S/C20H24BrNO4/c1-4-25-18-10-15(9-17(21)19(18)26-13(2)3)12-22-11-14-5-7-16(8-6-14)20(23)24/h5-10,13,22H,4,11-12H2,1-3H3,(H,23,24). The first-order valence-electron chi connectivity index (χ1n) is 8.55. The molecular weight excluding hydrogens is 398 g/mol. The molecule has 0 fully saturated rings. The molecule has 26 heavy (non-hydrogen) atoms. The van der Waals surface area contributed by atoms with Crippen LogP contribution in [0.3, 0.4) is 0 Å². The molecule has 0 aromatic heterocycles. The fraction of sp³-hybridized carbons (Fsp3) is 0.350. The molecule has 6 heteroatoms. The van der Waals surface area contributed by atoms with Gasteiger partial charge in [0, 0.05) is 13.1 Å². The van der Waals surface area contributed by atoms with Crippen LogP contribution in [0.5, 0.6) is 11.5 Å². The van der Waals surface area contributed by atoms with Crippen LogP contribution in [0.25, 0.3) is 0 Å². The lowest BCUT2D eigenvalue weighted by Gasteiger charge is -2.17. The van der Waals surface area contributed by atoms with Gasteiger partial charge in [-0.05, 0) is 72.1 Å². The molecule has 0 spiro atoms. The lowest BCUT2D eigenvalue weighted by Crippen LogP contribution is -2.14. The maximum absolute atomic E-state index is 10.9. The Kier molecular flexibility index (Phi) is 7.48. The lowest BCUT2D eigenvalue weighted by atomic mass is 10.1. The van der Waals surface area contributed by atoms with Gasteiger partial charge in [0.2, 0.25) is 0 Å². The van der Waals surface area contributed by atoms with E-state index in [-0.39, 0.29) is 6.10 Å². The molecule has 2 N–H and O–H groups in total. The zero-order valence-corrected chi connectivity index (χ0v) is 16.8.